The van der Waals surface area contributed by atoms with E-state index in [1.54, 1.807) is 0 Å². The Morgan fingerprint density at radius 2 is 1.96 bits per heavy atom. The van der Waals surface area contributed by atoms with Crippen molar-refractivity contribution in [2.75, 3.05) is 39.3 Å². The van der Waals surface area contributed by atoms with E-state index in [0.717, 1.165) is 50.7 Å². The standard InChI is InChI=1S/C17H24ClN3O.ClH/c18-15-5-2-1-4-14(15)16-6-3-10-20(16)11-7-17(22)21-12-8-19-9-13-21;/h1-2,4-5,16,19H,3,6-13H2;1H. The molecule has 128 valence electrons. The zero-order chi connectivity index (χ0) is 15.4. The molecule has 0 saturated carbocycles. The van der Waals surface area contributed by atoms with Crippen LogP contribution in [0.4, 0.5) is 0 Å². The minimum Gasteiger partial charge on any atom is -0.340 e. The molecular weight excluding hydrogens is 333 g/mol. The van der Waals surface area contributed by atoms with Gasteiger partial charge in [-0.1, -0.05) is 29.8 Å². The zero-order valence-electron chi connectivity index (χ0n) is 13.3. The van der Waals surface area contributed by atoms with E-state index in [9.17, 15) is 4.79 Å². The summed E-state index contributed by atoms with van der Waals surface area (Å²) >= 11 is 6.35. The van der Waals surface area contributed by atoms with Crippen molar-refractivity contribution in [3.05, 3.63) is 34.9 Å². The molecule has 23 heavy (non-hydrogen) atoms. The van der Waals surface area contributed by atoms with Gasteiger partial charge in [0.15, 0.2) is 0 Å². The summed E-state index contributed by atoms with van der Waals surface area (Å²) in [6.07, 6.45) is 2.92. The first kappa shape index (κ1) is 18.5. The van der Waals surface area contributed by atoms with Crippen LogP contribution >= 0.6 is 24.0 Å². The van der Waals surface area contributed by atoms with Crippen molar-refractivity contribution in [1.82, 2.24) is 15.1 Å². The Morgan fingerprint density at radius 1 is 1.22 bits per heavy atom. The fraction of sp³-hybridized carbons (Fsp3) is 0.588. The minimum atomic E-state index is 0. The number of benzene rings is 1. The molecule has 0 radical (unpaired) electrons. The maximum absolute atomic E-state index is 12.3. The highest BCUT2D eigenvalue weighted by Crippen LogP contribution is 2.35. The number of carbonyl (C=O) groups excluding carboxylic acids is 1. The zero-order valence-corrected chi connectivity index (χ0v) is 14.9. The first-order valence-corrected chi connectivity index (χ1v) is 8.60. The van der Waals surface area contributed by atoms with Gasteiger partial charge in [-0.2, -0.15) is 0 Å². The predicted molar refractivity (Wildman–Crippen MR) is 96.3 cm³/mol. The van der Waals surface area contributed by atoms with Crippen LogP contribution in [0.1, 0.15) is 30.9 Å². The lowest BCUT2D eigenvalue weighted by atomic mass is 10.0. The molecule has 0 aromatic heterocycles. The SMILES string of the molecule is Cl.O=C(CCN1CCCC1c1ccccc1Cl)N1CCNCC1. The van der Waals surface area contributed by atoms with Crippen molar-refractivity contribution in [3.63, 3.8) is 0 Å². The molecule has 2 aliphatic rings. The summed E-state index contributed by atoms with van der Waals surface area (Å²) in [5.74, 6) is 0.284. The van der Waals surface area contributed by atoms with Crippen molar-refractivity contribution in [2.24, 2.45) is 0 Å². The molecule has 1 amide bonds. The summed E-state index contributed by atoms with van der Waals surface area (Å²) in [7, 11) is 0. The van der Waals surface area contributed by atoms with Crippen molar-refractivity contribution in [1.29, 1.82) is 0 Å². The number of halogens is 2. The van der Waals surface area contributed by atoms with Gasteiger partial charge in [0.2, 0.25) is 5.91 Å². The van der Waals surface area contributed by atoms with Gasteiger partial charge >= 0.3 is 0 Å². The Balaban J connectivity index is 0.00000192. The molecular formula is C17H25Cl2N3O. The molecule has 2 heterocycles. The number of likely N-dealkylation sites (tertiary alicyclic amines) is 1. The van der Waals surface area contributed by atoms with Crippen molar-refractivity contribution in [3.8, 4) is 0 Å². The van der Waals surface area contributed by atoms with Crippen LogP contribution in [0.3, 0.4) is 0 Å². The number of hydrogen-bond acceptors (Lipinski definition) is 3. The lowest BCUT2D eigenvalue weighted by molar-refractivity contribution is -0.132. The number of rotatable bonds is 4. The van der Waals surface area contributed by atoms with E-state index in [1.807, 2.05) is 23.1 Å². The Morgan fingerprint density at radius 3 is 2.70 bits per heavy atom. The fourth-order valence-corrected chi connectivity index (χ4v) is 3.76. The predicted octanol–water partition coefficient (Wildman–Crippen LogP) is 2.72. The number of nitrogens with one attached hydrogen (secondary N) is 1. The quantitative estimate of drug-likeness (QED) is 0.899. The second-order valence-electron chi connectivity index (χ2n) is 6.10. The number of hydrogen-bond donors (Lipinski definition) is 1. The van der Waals surface area contributed by atoms with E-state index < -0.39 is 0 Å². The Labute approximate surface area is 149 Å². The molecule has 2 fully saturated rings. The average Bonchev–Trinajstić information content (AvgIpc) is 3.02. The molecule has 1 aromatic rings. The van der Waals surface area contributed by atoms with Crippen LogP contribution in [0, 0.1) is 0 Å². The summed E-state index contributed by atoms with van der Waals surface area (Å²) in [5.41, 5.74) is 1.20. The topological polar surface area (TPSA) is 35.6 Å². The van der Waals surface area contributed by atoms with Gasteiger partial charge in [0.25, 0.3) is 0 Å². The first-order chi connectivity index (χ1) is 10.8. The second kappa shape index (κ2) is 8.88. The maximum atomic E-state index is 12.3. The molecule has 1 unspecified atom stereocenters. The van der Waals surface area contributed by atoms with Crippen LogP contribution < -0.4 is 5.32 Å². The summed E-state index contributed by atoms with van der Waals surface area (Å²) < 4.78 is 0. The molecule has 0 spiro atoms. The van der Waals surface area contributed by atoms with Crippen LogP contribution in [0.2, 0.25) is 5.02 Å². The van der Waals surface area contributed by atoms with Crippen LogP contribution in [-0.4, -0.2) is 55.0 Å². The van der Waals surface area contributed by atoms with Crippen LogP contribution in [-0.2, 0) is 4.79 Å². The molecule has 6 heteroatoms. The van der Waals surface area contributed by atoms with E-state index in [-0.39, 0.29) is 18.3 Å². The highest BCUT2D eigenvalue weighted by Gasteiger charge is 2.28. The largest absolute Gasteiger partial charge is 0.340 e. The van der Waals surface area contributed by atoms with E-state index in [4.69, 9.17) is 11.6 Å². The van der Waals surface area contributed by atoms with Gasteiger partial charge in [0.1, 0.15) is 0 Å². The smallest absolute Gasteiger partial charge is 0.223 e. The normalized spacial score (nSPS) is 22.0. The van der Waals surface area contributed by atoms with Gasteiger partial charge in [-0.25, -0.2) is 0 Å². The first-order valence-electron chi connectivity index (χ1n) is 8.22. The third-order valence-electron chi connectivity index (χ3n) is 4.71. The molecule has 2 saturated heterocycles. The summed E-state index contributed by atoms with van der Waals surface area (Å²) in [6, 6.07) is 8.45. The van der Waals surface area contributed by atoms with Crippen molar-refractivity contribution >= 4 is 29.9 Å². The third kappa shape index (κ3) is 4.60. The highest BCUT2D eigenvalue weighted by molar-refractivity contribution is 6.31. The summed E-state index contributed by atoms with van der Waals surface area (Å²) in [4.78, 5) is 16.7. The van der Waals surface area contributed by atoms with Crippen LogP contribution in [0.25, 0.3) is 0 Å². The van der Waals surface area contributed by atoms with Gasteiger partial charge in [0.05, 0.1) is 0 Å². The Bertz CT molecular complexity index is 520. The third-order valence-corrected chi connectivity index (χ3v) is 5.05. The monoisotopic (exact) mass is 357 g/mol. The van der Waals surface area contributed by atoms with Crippen molar-refractivity contribution < 1.29 is 4.79 Å². The maximum Gasteiger partial charge on any atom is 0.223 e. The number of nitrogens with zero attached hydrogens (tertiary/aromatic N) is 2. The molecule has 1 atom stereocenters. The van der Waals surface area contributed by atoms with Gasteiger partial charge in [-0.05, 0) is 31.0 Å². The summed E-state index contributed by atoms with van der Waals surface area (Å²) in [5, 5.41) is 4.12. The molecule has 0 aliphatic carbocycles. The van der Waals surface area contributed by atoms with Gasteiger partial charge < -0.3 is 10.2 Å². The lowest BCUT2D eigenvalue weighted by Crippen LogP contribution is -2.47. The van der Waals surface area contributed by atoms with Crippen LogP contribution in [0.5, 0.6) is 0 Å². The fourth-order valence-electron chi connectivity index (χ4n) is 3.50. The van der Waals surface area contributed by atoms with E-state index in [1.165, 1.54) is 12.0 Å². The molecule has 3 rings (SSSR count). The van der Waals surface area contributed by atoms with Gasteiger partial charge in [0, 0.05) is 50.2 Å². The second-order valence-corrected chi connectivity index (χ2v) is 6.50. The molecule has 4 nitrogen and oxygen atoms in total. The number of amides is 1. The highest BCUT2D eigenvalue weighted by atomic mass is 35.5. The molecule has 0 bridgehead atoms. The summed E-state index contributed by atoms with van der Waals surface area (Å²) in [6.45, 7) is 5.40. The minimum absolute atomic E-state index is 0. The Kier molecular flexibility index (Phi) is 7.15. The average molecular weight is 358 g/mol. The van der Waals surface area contributed by atoms with E-state index in [2.05, 4.69) is 16.3 Å². The van der Waals surface area contributed by atoms with Crippen LogP contribution in [0.15, 0.2) is 24.3 Å². The van der Waals surface area contributed by atoms with Gasteiger partial charge in [-0.15, -0.1) is 12.4 Å². The van der Waals surface area contributed by atoms with E-state index in [0.29, 0.717) is 12.5 Å². The number of carbonyl (C=O) groups is 1. The molecule has 2 aliphatic heterocycles. The van der Waals surface area contributed by atoms with Crippen molar-refractivity contribution in [2.45, 2.75) is 25.3 Å². The van der Waals surface area contributed by atoms with E-state index >= 15 is 0 Å². The lowest BCUT2D eigenvalue weighted by Gasteiger charge is -2.29. The Hall–Kier alpha value is -0.810. The number of piperazine rings is 1. The molecule has 1 aromatic carbocycles. The molecule has 1 N–H and O–H groups in total. The van der Waals surface area contributed by atoms with Gasteiger partial charge in [-0.3, -0.25) is 9.69 Å².